The number of fused-ring (bicyclic) bond motifs is 1. The van der Waals surface area contributed by atoms with Gasteiger partial charge in [0.05, 0.1) is 5.56 Å². The van der Waals surface area contributed by atoms with Crippen molar-refractivity contribution in [2.24, 2.45) is 0 Å². The van der Waals surface area contributed by atoms with E-state index in [4.69, 9.17) is 0 Å². The molecule has 2 saturated heterocycles. The molecule has 0 aliphatic carbocycles. The normalized spacial score (nSPS) is 19.3. The van der Waals surface area contributed by atoms with Crippen molar-refractivity contribution < 1.29 is 9.59 Å². The Morgan fingerprint density at radius 2 is 1.68 bits per heavy atom. The van der Waals surface area contributed by atoms with Crippen molar-refractivity contribution in [1.29, 1.82) is 0 Å². The van der Waals surface area contributed by atoms with Gasteiger partial charge in [0.15, 0.2) is 5.65 Å². The van der Waals surface area contributed by atoms with Crippen LogP contribution in [0, 0.1) is 0 Å². The maximum absolute atomic E-state index is 13.2. The first-order valence-electron chi connectivity index (χ1n) is 10.8. The number of aromatic nitrogens is 3. The Morgan fingerprint density at radius 3 is 2.39 bits per heavy atom. The number of carbonyl (C=O) groups excluding carboxylic acids is 2. The summed E-state index contributed by atoms with van der Waals surface area (Å²) in [6, 6.07) is 14.0. The van der Waals surface area contributed by atoms with Gasteiger partial charge in [0.1, 0.15) is 5.82 Å². The Kier molecular flexibility index (Phi) is 5.05. The molecule has 2 aromatic heterocycles. The van der Waals surface area contributed by atoms with Gasteiger partial charge in [-0.3, -0.25) is 14.0 Å². The lowest BCUT2D eigenvalue weighted by Gasteiger charge is -2.36. The molecule has 160 valence electrons. The van der Waals surface area contributed by atoms with Crippen molar-refractivity contribution in [2.75, 3.05) is 44.2 Å². The van der Waals surface area contributed by atoms with Crippen LogP contribution < -0.4 is 4.90 Å². The smallest absolute Gasteiger partial charge is 0.255 e. The number of carbonyl (C=O) groups is 2. The molecule has 0 N–H and O–H groups in total. The molecular formula is C23H26N6O2. The van der Waals surface area contributed by atoms with Gasteiger partial charge < -0.3 is 14.7 Å². The van der Waals surface area contributed by atoms with Crippen molar-refractivity contribution in [3.05, 3.63) is 60.0 Å². The number of anilines is 1. The molecule has 3 aromatic rings. The molecular weight excluding hydrogens is 392 g/mol. The van der Waals surface area contributed by atoms with Crippen molar-refractivity contribution in [3.63, 3.8) is 0 Å². The quantitative estimate of drug-likeness (QED) is 0.651. The Balaban J connectivity index is 1.31. The highest BCUT2D eigenvalue weighted by Gasteiger charge is 2.29. The third-order valence-corrected chi connectivity index (χ3v) is 6.36. The number of nitrogens with zero attached hydrogens (tertiary/aromatic N) is 6. The minimum atomic E-state index is 0.0334. The van der Waals surface area contributed by atoms with Crippen molar-refractivity contribution in [3.8, 4) is 0 Å². The standard InChI is InChI=1S/C23H26N6O2/c1-17(30)28-10-9-18(15-28)22-25-24-21-8-7-19(16-29(21)22)23(31)27-13-11-26(12-14-27)20-5-3-2-4-6-20/h2-8,16,18H,9-15H2,1H3/t18-/m1/s1. The van der Waals surface area contributed by atoms with Gasteiger partial charge in [-0.2, -0.15) is 0 Å². The van der Waals surface area contributed by atoms with Crippen molar-refractivity contribution >= 4 is 23.1 Å². The van der Waals surface area contributed by atoms with Gasteiger partial charge in [-0.1, -0.05) is 18.2 Å². The van der Waals surface area contributed by atoms with Crippen LogP contribution in [0.25, 0.3) is 5.65 Å². The zero-order chi connectivity index (χ0) is 21.4. The summed E-state index contributed by atoms with van der Waals surface area (Å²) in [7, 11) is 0. The third kappa shape index (κ3) is 3.73. The summed E-state index contributed by atoms with van der Waals surface area (Å²) >= 11 is 0. The van der Waals surface area contributed by atoms with Crippen LogP contribution in [0.2, 0.25) is 0 Å². The molecule has 4 heterocycles. The summed E-state index contributed by atoms with van der Waals surface area (Å²) in [5.74, 6) is 1.08. The minimum absolute atomic E-state index is 0.0334. The van der Waals surface area contributed by atoms with Gasteiger partial charge in [0.2, 0.25) is 5.91 Å². The lowest BCUT2D eigenvalue weighted by molar-refractivity contribution is -0.127. The maximum atomic E-state index is 13.2. The number of benzene rings is 1. The number of hydrogen-bond acceptors (Lipinski definition) is 5. The van der Waals surface area contributed by atoms with E-state index in [1.165, 1.54) is 5.69 Å². The topological polar surface area (TPSA) is 74.0 Å². The van der Waals surface area contributed by atoms with Crippen LogP contribution in [0.4, 0.5) is 5.69 Å². The first-order chi connectivity index (χ1) is 15.1. The molecule has 0 bridgehead atoms. The van der Waals surface area contributed by atoms with E-state index < -0.39 is 0 Å². The maximum Gasteiger partial charge on any atom is 0.255 e. The molecule has 2 aliphatic rings. The second-order valence-electron chi connectivity index (χ2n) is 8.27. The first kappa shape index (κ1) is 19.5. The highest BCUT2D eigenvalue weighted by Crippen LogP contribution is 2.27. The fourth-order valence-corrected chi connectivity index (χ4v) is 4.56. The molecule has 31 heavy (non-hydrogen) atoms. The molecule has 1 aromatic carbocycles. The zero-order valence-corrected chi connectivity index (χ0v) is 17.6. The highest BCUT2D eigenvalue weighted by atomic mass is 16.2. The van der Waals surface area contributed by atoms with E-state index in [2.05, 4.69) is 27.2 Å². The van der Waals surface area contributed by atoms with E-state index in [1.54, 1.807) is 6.92 Å². The second-order valence-corrected chi connectivity index (χ2v) is 8.27. The van der Waals surface area contributed by atoms with Gasteiger partial charge in [-0.15, -0.1) is 10.2 Å². The van der Waals surface area contributed by atoms with Crippen LogP contribution in [-0.4, -0.2) is 75.5 Å². The van der Waals surface area contributed by atoms with Gasteiger partial charge in [0, 0.05) is 64.0 Å². The summed E-state index contributed by atoms with van der Waals surface area (Å²) in [6.07, 6.45) is 2.72. The van der Waals surface area contributed by atoms with Crippen LogP contribution in [0.3, 0.4) is 0 Å². The number of rotatable bonds is 3. The fourth-order valence-electron chi connectivity index (χ4n) is 4.56. The van der Waals surface area contributed by atoms with Gasteiger partial charge in [0.25, 0.3) is 5.91 Å². The molecule has 0 saturated carbocycles. The van der Waals surface area contributed by atoms with Crippen LogP contribution in [-0.2, 0) is 4.79 Å². The number of hydrogen-bond donors (Lipinski definition) is 0. The Bertz CT molecular complexity index is 1100. The molecule has 1 atom stereocenters. The first-order valence-corrected chi connectivity index (χ1v) is 10.8. The van der Waals surface area contributed by atoms with E-state index in [1.807, 2.05) is 50.7 Å². The molecule has 2 amide bonds. The largest absolute Gasteiger partial charge is 0.368 e. The van der Waals surface area contributed by atoms with E-state index in [-0.39, 0.29) is 17.7 Å². The van der Waals surface area contributed by atoms with Crippen LogP contribution in [0.15, 0.2) is 48.7 Å². The predicted molar refractivity (Wildman–Crippen MR) is 117 cm³/mol. The summed E-state index contributed by atoms with van der Waals surface area (Å²) in [5, 5.41) is 8.64. The fraction of sp³-hybridized carbons (Fsp3) is 0.391. The van der Waals surface area contributed by atoms with E-state index >= 15 is 0 Å². The Hall–Kier alpha value is -3.42. The number of pyridine rings is 1. The number of likely N-dealkylation sites (tertiary alicyclic amines) is 1. The number of piperazine rings is 1. The Morgan fingerprint density at radius 1 is 0.903 bits per heavy atom. The monoisotopic (exact) mass is 418 g/mol. The van der Waals surface area contributed by atoms with Crippen molar-refractivity contribution in [2.45, 2.75) is 19.3 Å². The molecule has 0 spiro atoms. The predicted octanol–water partition coefficient (Wildman–Crippen LogP) is 2.03. The summed E-state index contributed by atoms with van der Waals surface area (Å²) in [5.41, 5.74) is 2.56. The minimum Gasteiger partial charge on any atom is -0.368 e. The van der Waals surface area contributed by atoms with Crippen LogP contribution in [0.1, 0.15) is 35.4 Å². The van der Waals surface area contributed by atoms with E-state index in [0.29, 0.717) is 25.2 Å². The molecule has 0 radical (unpaired) electrons. The van der Waals surface area contributed by atoms with Crippen molar-refractivity contribution in [1.82, 2.24) is 24.4 Å². The number of amides is 2. The van der Waals surface area contributed by atoms with Gasteiger partial charge in [-0.25, -0.2) is 0 Å². The third-order valence-electron chi connectivity index (χ3n) is 6.36. The van der Waals surface area contributed by atoms with Gasteiger partial charge >= 0.3 is 0 Å². The molecule has 2 aliphatic heterocycles. The average Bonchev–Trinajstić information content (AvgIpc) is 3.46. The van der Waals surface area contributed by atoms with Crippen LogP contribution in [0.5, 0.6) is 0 Å². The summed E-state index contributed by atoms with van der Waals surface area (Å²) in [4.78, 5) is 30.9. The van der Waals surface area contributed by atoms with E-state index in [9.17, 15) is 9.59 Å². The SMILES string of the molecule is CC(=O)N1CC[C@@H](c2nnc3ccc(C(=O)N4CCN(c5ccccc5)CC4)cn23)C1. The number of para-hydroxylation sites is 1. The second kappa shape index (κ2) is 8.02. The Labute approximate surface area is 181 Å². The molecule has 8 heteroatoms. The molecule has 5 rings (SSSR count). The van der Waals surface area contributed by atoms with Crippen LogP contribution >= 0.6 is 0 Å². The lowest BCUT2D eigenvalue weighted by Crippen LogP contribution is -2.48. The molecule has 8 nitrogen and oxygen atoms in total. The van der Waals surface area contributed by atoms with Gasteiger partial charge in [-0.05, 0) is 30.7 Å². The van der Waals surface area contributed by atoms with E-state index in [0.717, 1.165) is 37.5 Å². The zero-order valence-electron chi connectivity index (χ0n) is 17.6. The lowest BCUT2D eigenvalue weighted by atomic mass is 10.1. The molecule has 0 unspecified atom stereocenters. The summed E-state index contributed by atoms with van der Waals surface area (Å²) in [6.45, 7) is 6.00. The molecule has 2 fully saturated rings. The highest BCUT2D eigenvalue weighted by molar-refractivity contribution is 5.94. The average molecular weight is 419 g/mol. The summed E-state index contributed by atoms with van der Waals surface area (Å²) < 4.78 is 1.92.